The van der Waals surface area contributed by atoms with Gasteiger partial charge in [0.2, 0.25) is 0 Å². The van der Waals surface area contributed by atoms with Gasteiger partial charge in [0.15, 0.2) is 6.49 Å². The van der Waals surface area contributed by atoms with Crippen LogP contribution in [-0.4, -0.2) is 19.4 Å². The zero-order chi connectivity index (χ0) is 12.3. The molecule has 0 aromatic rings. The summed E-state index contributed by atoms with van der Waals surface area (Å²) >= 11 is 5.56. The number of unbranched alkanes of at least 4 members (excludes halogenated alkanes) is 3. The van der Waals surface area contributed by atoms with Crippen LogP contribution in [0.25, 0.3) is 0 Å². The van der Waals surface area contributed by atoms with Gasteiger partial charge in [-0.15, -0.1) is 0 Å². The maximum absolute atomic E-state index is 5.82. The zero-order valence-electron chi connectivity index (χ0n) is 11.0. The third-order valence-electron chi connectivity index (χ3n) is 2.36. The average Bonchev–Trinajstić information content (AvgIpc) is 2.27. The second kappa shape index (κ2) is 10.7. The van der Waals surface area contributed by atoms with Gasteiger partial charge in [0.05, 0.1) is 13.2 Å². The van der Waals surface area contributed by atoms with E-state index in [9.17, 15) is 0 Å². The summed E-state index contributed by atoms with van der Waals surface area (Å²) in [4.78, 5) is 0. The van der Waals surface area contributed by atoms with E-state index in [2.05, 4.69) is 20.8 Å². The van der Waals surface area contributed by atoms with E-state index < -0.39 is 6.49 Å². The summed E-state index contributed by atoms with van der Waals surface area (Å²) in [6, 6.07) is 0. The lowest BCUT2D eigenvalue weighted by Crippen LogP contribution is -2.02. The van der Waals surface area contributed by atoms with Gasteiger partial charge < -0.3 is 9.05 Å². The van der Waals surface area contributed by atoms with Gasteiger partial charge in [-0.1, -0.05) is 40.0 Å². The van der Waals surface area contributed by atoms with Crippen LogP contribution in [0, 0.1) is 0 Å². The highest BCUT2D eigenvalue weighted by molar-refractivity contribution is 8.09. The third kappa shape index (κ3) is 8.69. The molecule has 2 nitrogen and oxygen atoms in total. The highest BCUT2D eigenvalue weighted by atomic mass is 32.5. The van der Waals surface area contributed by atoms with Crippen molar-refractivity contribution in [3.05, 3.63) is 0 Å². The Bertz CT molecular complexity index is 183. The summed E-state index contributed by atoms with van der Waals surface area (Å²) in [5, 5.41) is 0. The molecule has 0 saturated heterocycles. The third-order valence-corrected chi connectivity index (χ3v) is 5.55. The van der Waals surface area contributed by atoms with Gasteiger partial charge in [-0.2, -0.15) is 0 Å². The van der Waals surface area contributed by atoms with Gasteiger partial charge in [0.25, 0.3) is 0 Å². The summed E-state index contributed by atoms with van der Waals surface area (Å²) in [6.07, 6.45) is 7.69. The topological polar surface area (TPSA) is 18.5 Å². The van der Waals surface area contributed by atoms with Crippen LogP contribution < -0.4 is 0 Å². The molecule has 0 fully saturated rings. The standard InChI is InChI=1S/C12H27O2PS/c1-4-7-10-13-15(16,12-9-6-3)14-11-8-5-2/h4-12H2,1-3H3. The maximum Gasteiger partial charge on any atom is 0.188 e. The lowest BCUT2D eigenvalue weighted by Gasteiger charge is -2.22. The normalized spacial score (nSPS) is 11.9. The molecule has 0 spiro atoms. The molecule has 0 aliphatic carbocycles. The van der Waals surface area contributed by atoms with Crippen molar-refractivity contribution in [1.29, 1.82) is 0 Å². The second-order valence-corrected chi connectivity index (χ2v) is 7.92. The lowest BCUT2D eigenvalue weighted by molar-refractivity contribution is 0.240. The minimum Gasteiger partial charge on any atom is -0.329 e. The lowest BCUT2D eigenvalue weighted by atomic mass is 10.4. The van der Waals surface area contributed by atoms with E-state index in [1.54, 1.807) is 0 Å². The zero-order valence-corrected chi connectivity index (χ0v) is 12.7. The summed E-state index contributed by atoms with van der Waals surface area (Å²) < 4.78 is 11.6. The van der Waals surface area contributed by atoms with Gasteiger partial charge in [0, 0.05) is 6.16 Å². The van der Waals surface area contributed by atoms with E-state index in [0.717, 1.165) is 57.9 Å². The quantitative estimate of drug-likeness (QED) is 0.398. The predicted octanol–water partition coefficient (Wildman–Crippen LogP) is 4.73. The predicted molar refractivity (Wildman–Crippen MR) is 75.8 cm³/mol. The smallest absolute Gasteiger partial charge is 0.188 e. The van der Waals surface area contributed by atoms with Crippen molar-refractivity contribution >= 4 is 18.3 Å². The van der Waals surface area contributed by atoms with E-state index in [1.807, 2.05) is 0 Å². The average molecular weight is 266 g/mol. The van der Waals surface area contributed by atoms with Crippen molar-refractivity contribution in [1.82, 2.24) is 0 Å². The van der Waals surface area contributed by atoms with E-state index in [1.165, 1.54) is 0 Å². The van der Waals surface area contributed by atoms with Gasteiger partial charge in [-0.25, -0.2) is 0 Å². The van der Waals surface area contributed by atoms with Crippen molar-refractivity contribution in [2.24, 2.45) is 0 Å². The van der Waals surface area contributed by atoms with Crippen LogP contribution in [0.1, 0.15) is 59.3 Å². The molecule has 0 atom stereocenters. The molecule has 0 aromatic heterocycles. The molecule has 0 rings (SSSR count). The molecule has 0 heterocycles. The first-order valence-electron chi connectivity index (χ1n) is 6.56. The highest BCUT2D eigenvalue weighted by Crippen LogP contribution is 2.49. The Labute approximate surface area is 106 Å². The molecule has 0 amide bonds. The maximum atomic E-state index is 5.82. The van der Waals surface area contributed by atoms with Crippen molar-refractivity contribution in [2.75, 3.05) is 19.4 Å². The number of rotatable bonds is 11. The van der Waals surface area contributed by atoms with Gasteiger partial charge in [-0.3, -0.25) is 0 Å². The van der Waals surface area contributed by atoms with Crippen molar-refractivity contribution in [2.45, 2.75) is 59.3 Å². The fourth-order valence-electron chi connectivity index (χ4n) is 1.21. The summed E-state index contributed by atoms with van der Waals surface area (Å²) in [7, 11) is 0. The van der Waals surface area contributed by atoms with Crippen LogP contribution in [0.5, 0.6) is 0 Å². The minimum atomic E-state index is -1.96. The Morgan fingerprint density at radius 3 is 1.62 bits per heavy atom. The monoisotopic (exact) mass is 266 g/mol. The molecule has 0 N–H and O–H groups in total. The van der Waals surface area contributed by atoms with Crippen molar-refractivity contribution in [3.63, 3.8) is 0 Å². The molecule has 0 unspecified atom stereocenters. The molecule has 0 saturated carbocycles. The SMILES string of the molecule is CCCCOP(=S)(CCCC)OCCCC. The van der Waals surface area contributed by atoms with Gasteiger partial charge in [-0.05, 0) is 31.1 Å². The van der Waals surface area contributed by atoms with Crippen LogP contribution in [0.4, 0.5) is 0 Å². The van der Waals surface area contributed by atoms with Crippen LogP contribution >= 0.6 is 6.49 Å². The van der Waals surface area contributed by atoms with Gasteiger partial charge in [0.1, 0.15) is 0 Å². The Kier molecular flexibility index (Phi) is 11.1. The molecule has 0 bridgehead atoms. The molecule has 0 radical (unpaired) electrons. The van der Waals surface area contributed by atoms with Crippen molar-refractivity contribution in [3.8, 4) is 0 Å². The van der Waals surface area contributed by atoms with E-state index >= 15 is 0 Å². The van der Waals surface area contributed by atoms with E-state index in [-0.39, 0.29) is 0 Å². The van der Waals surface area contributed by atoms with Gasteiger partial charge >= 0.3 is 0 Å². The highest BCUT2D eigenvalue weighted by Gasteiger charge is 2.17. The van der Waals surface area contributed by atoms with Crippen LogP contribution in [0.15, 0.2) is 0 Å². The number of hydrogen-bond acceptors (Lipinski definition) is 3. The van der Waals surface area contributed by atoms with E-state index in [0.29, 0.717) is 0 Å². The Morgan fingerprint density at radius 1 is 0.812 bits per heavy atom. The molecular formula is C12H27O2PS. The summed E-state index contributed by atoms with van der Waals surface area (Å²) in [5.74, 6) is 0. The fraction of sp³-hybridized carbons (Fsp3) is 1.00. The first-order chi connectivity index (χ1) is 7.68. The van der Waals surface area contributed by atoms with E-state index in [4.69, 9.17) is 20.9 Å². The summed E-state index contributed by atoms with van der Waals surface area (Å²) in [6.45, 7) is 6.08. The number of hydrogen-bond donors (Lipinski definition) is 0. The molecule has 98 valence electrons. The largest absolute Gasteiger partial charge is 0.329 e. The second-order valence-electron chi connectivity index (χ2n) is 4.06. The van der Waals surface area contributed by atoms with Crippen molar-refractivity contribution < 1.29 is 9.05 Å². The summed E-state index contributed by atoms with van der Waals surface area (Å²) in [5.41, 5.74) is 0. The molecule has 0 aliphatic heterocycles. The molecule has 16 heavy (non-hydrogen) atoms. The van der Waals surface area contributed by atoms with Crippen LogP contribution in [0.2, 0.25) is 0 Å². The minimum absolute atomic E-state index is 0.767. The Hall–Kier alpha value is 0.570. The first kappa shape index (κ1) is 16.6. The molecular weight excluding hydrogens is 239 g/mol. The molecule has 4 heteroatoms. The van der Waals surface area contributed by atoms with Crippen LogP contribution in [-0.2, 0) is 20.9 Å². The Balaban J connectivity index is 3.97. The van der Waals surface area contributed by atoms with Crippen LogP contribution in [0.3, 0.4) is 0 Å². The molecule has 0 aliphatic rings. The Morgan fingerprint density at radius 2 is 1.25 bits per heavy atom. The first-order valence-corrected chi connectivity index (χ1v) is 9.39. The molecule has 0 aromatic carbocycles. The fourth-order valence-corrected chi connectivity index (χ4v) is 3.90.